The number of hydrogen-bond acceptors (Lipinski definition) is 3. The molecule has 1 rings (SSSR count). The molecule has 0 aromatic heterocycles. The van der Waals surface area contributed by atoms with Gasteiger partial charge >= 0.3 is 5.97 Å². The van der Waals surface area contributed by atoms with Gasteiger partial charge < -0.3 is 9.84 Å². The summed E-state index contributed by atoms with van der Waals surface area (Å²) in [5.41, 5.74) is 1.76. The van der Waals surface area contributed by atoms with Crippen molar-refractivity contribution in [3.8, 4) is 5.75 Å². The number of carbonyl (C=O) groups is 1. The SMILES string of the molecule is C=CCOC(=O)C(CCC)c1ccc(O)c(CC)c1. The first kappa shape index (κ1) is 15.3. The molecule has 0 saturated heterocycles. The first-order chi connectivity index (χ1) is 9.13. The molecule has 0 heterocycles. The van der Waals surface area contributed by atoms with Gasteiger partial charge in [0.2, 0.25) is 0 Å². The second-order valence-electron chi connectivity index (χ2n) is 4.50. The van der Waals surface area contributed by atoms with Crippen molar-refractivity contribution in [3.05, 3.63) is 42.0 Å². The molecule has 0 amide bonds. The van der Waals surface area contributed by atoms with Gasteiger partial charge in [0.25, 0.3) is 0 Å². The summed E-state index contributed by atoms with van der Waals surface area (Å²) in [5, 5.41) is 9.70. The van der Waals surface area contributed by atoms with Crippen LogP contribution in [-0.4, -0.2) is 17.7 Å². The Morgan fingerprint density at radius 1 is 1.47 bits per heavy atom. The van der Waals surface area contributed by atoms with Crippen LogP contribution in [0, 0.1) is 0 Å². The van der Waals surface area contributed by atoms with Crippen LogP contribution in [0.25, 0.3) is 0 Å². The lowest BCUT2D eigenvalue weighted by molar-refractivity contribution is -0.144. The molecule has 3 heteroatoms. The van der Waals surface area contributed by atoms with E-state index in [2.05, 4.69) is 6.58 Å². The summed E-state index contributed by atoms with van der Waals surface area (Å²) >= 11 is 0. The normalized spacial score (nSPS) is 11.9. The van der Waals surface area contributed by atoms with Gasteiger partial charge in [-0.3, -0.25) is 4.79 Å². The molecule has 0 bridgehead atoms. The first-order valence-corrected chi connectivity index (χ1v) is 6.73. The Morgan fingerprint density at radius 2 is 2.21 bits per heavy atom. The molecule has 0 saturated carbocycles. The van der Waals surface area contributed by atoms with E-state index in [-0.39, 0.29) is 24.2 Å². The van der Waals surface area contributed by atoms with Gasteiger partial charge in [-0.05, 0) is 30.0 Å². The van der Waals surface area contributed by atoms with E-state index < -0.39 is 0 Å². The van der Waals surface area contributed by atoms with Crippen LogP contribution in [0.1, 0.15) is 43.7 Å². The van der Waals surface area contributed by atoms with E-state index in [1.54, 1.807) is 18.2 Å². The zero-order valence-electron chi connectivity index (χ0n) is 11.7. The molecule has 0 spiro atoms. The number of aromatic hydroxyl groups is 1. The largest absolute Gasteiger partial charge is 0.508 e. The summed E-state index contributed by atoms with van der Waals surface area (Å²) in [7, 11) is 0. The monoisotopic (exact) mass is 262 g/mol. The summed E-state index contributed by atoms with van der Waals surface area (Å²) < 4.78 is 5.14. The third-order valence-electron chi connectivity index (χ3n) is 3.09. The van der Waals surface area contributed by atoms with E-state index in [1.165, 1.54) is 0 Å². The molecule has 1 N–H and O–H groups in total. The van der Waals surface area contributed by atoms with Gasteiger partial charge in [-0.25, -0.2) is 0 Å². The molecule has 3 nitrogen and oxygen atoms in total. The van der Waals surface area contributed by atoms with Gasteiger partial charge in [-0.1, -0.05) is 45.1 Å². The molecule has 0 radical (unpaired) electrons. The van der Waals surface area contributed by atoms with E-state index in [0.29, 0.717) is 0 Å². The minimum atomic E-state index is -0.268. The van der Waals surface area contributed by atoms with Gasteiger partial charge in [0, 0.05) is 0 Å². The highest BCUT2D eigenvalue weighted by Crippen LogP contribution is 2.28. The van der Waals surface area contributed by atoms with Crippen LogP contribution in [0.15, 0.2) is 30.9 Å². The topological polar surface area (TPSA) is 46.5 Å². The van der Waals surface area contributed by atoms with Gasteiger partial charge in [0.1, 0.15) is 12.4 Å². The zero-order valence-corrected chi connectivity index (χ0v) is 11.7. The maximum atomic E-state index is 12.0. The highest BCUT2D eigenvalue weighted by atomic mass is 16.5. The summed E-state index contributed by atoms with van der Waals surface area (Å²) in [6.07, 6.45) is 3.94. The summed E-state index contributed by atoms with van der Waals surface area (Å²) in [6, 6.07) is 5.34. The summed E-state index contributed by atoms with van der Waals surface area (Å²) in [5.74, 6) is -0.216. The van der Waals surface area contributed by atoms with Crippen molar-refractivity contribution in [2.45, 2.75) is 39.0 Å². The van der Waals surface area contributed by atoms with E-state index in [1.807, 2.05) is 19.9 Å². The average Bonchev–Trinajstić information content (AvgIpc) is 2.43. The van der Waals surface area contributed by atoms with Crippen molar-refractivity contribution in [1.29, 1.82) is 0 Å². The van der Waals surface area contributed by atoms with Crippen molar-refractivity contribution in [2.75, 3.05) is 6.61 Å². The lowest BCUT2D eigenvalue weighted by atomic mass is 9.92. The number of phenols is 1. The molecule has 1 atom stereocenters. The van der Waals surface area contributed by atoms with E-state index in [9.17, 15) is 9.90 Å². The summed E-state index contributed by atoms with van der Waals surface area (Å²) in [4.78, 5) is 12.0. The van der Waals surface area contributed by atoms with Gasteiger partial charge in [0.05, 0.1) is 5.92 Å². The van der Waals surface area contributed by atoms with Crippen LogP contribution in [0.2, 0.25) is 0 Å². The van der Waals surface area contributed by atoms with Gasteiger partial charge in [-0.15, -0.1) is 0 Å². The van der Waals surface area contributed by atoms with Gasteiger partial charge in [-0.2, -0.15) is 0 Å². The van der Waals surface area contributed by atoms with E-state index >= 15 is 0 Å². The van der Waals surface area contributed by atoms with Crippen LogP contribution >= 0.6 is 0 Å². The Hall–Kier alpha value is -1.77. The fraction of sp³-hybridized carbons (Fsp3) is 0.438. The average molecular weight is 262 g/mol. The second kappa shape index (κ2) is 7.62. The highest BCUT2D eigenvalue weighted by Gasteiger charge is 2.21. The number of aryl methyl sites for hydroxylation is 1. The minimum Gasteiger partial charge on any atom is -0.508 e. The maximum Gasteiger partial charge on any atom is 0.313 e. The number of rotatable bonds is 7. The van der Waals surface area contributed by atoms with Crippen LogP contribution in [0.3, 0.4) is 0 Å². The zero-order chi connectivity index (χ0) is 14.3. The molecule has 1 aromatic carbocycles. The Bertz CT molecular complexity index is 438. The van der Waals surface area contributed by atoms with Crippen molar-refractivity contribution in [3.63, 3.8) is 0 Å². The molecule has 1 unspecified atom stereocenters. The molecule has 19 heavy (non-hydrogen) atoms. The van der Waals surface area contributed by atoms with E-state index in [4.69, 9.17) is 4.74 Å². The number of hydrogen-bond donors (Lipinski definition) is 1. The van der Waals surface area contributed by atoms with Gasteiger partial charge in [0.15, 0.2) is 0 Å². The quantitative estimate of drug-likeness (QED) is 0.603. The molecule has 1 aromatic rings. The van der Waals surface area contributed by atoms with Crippen LogP contribution in [-0.2, 0) is 16.0 Å². The molecule has 0 aliphatic rings. The predicted octanol–water partition coefficient (Wildman–Crippen LogP) is 3.57. The molecule has 0 aliphatic heterocycles. The molecular weight excluding hydrogens is 240 g/mol. The fourth-order valence-corrected chi connectivity index (χ4v) is 2.06. The van der Waals surface area contributed by atoms with E-state index in [0.717, 1.165) is 30.4 Å². The van der Waals surface area contributed by atoms with Crippen molar-refractivity contribution < 1.29 is 14.6 Å². The third kappa shape index (κ3) is 4.12. The molecule has 0 fully saturated rings. The lowest BCUT2D eigenvalue weighted by Gasteiger charge is -2.16. The van der Waals surface area contributed by atoms with Crippen LogP contribution in [0.4, 0.5) is 0 Å². The Balaban J connectivity index is 2.97. The lowest BCUT2D eigenvalue weighted by Crippen LogP contribution is -2.16. The second-order valence-corrected chi connectivity index (χ2v) is 4.50. The number of phenolic OH excluding ortho intramolecular Hbond substituents is 1. The van der Waals surface area contributed by atoms with Crippen molar-refractivity contribution in [1.82, 2.24) is 0 Å². The van der Waals surface area contributed by atoms with Crippen molar-refractivity contribution >= 4 is 5.97 Å². The number of esters is 1. The van der Waals surface area contributed by atoms with Crippen LogP contribution in [0.5, 0.6) is 5.75 Å². The Kier molecular flexibility index (Phi) is 6.13. The standard InChI is InChI=1S/C16H22O3/c1-4-7-14(16(18)19-10-5-2)13-8-9-15(17)12(6-3)11-13/h5,8-9,11,14,17H,2,4,6-7,10H2,1,3H3. The number of carbonyl (C=O) groups excluding carboxylic acids is 1. The molecule has 0 aliphatic carbocycles. The van der Waals surface area contributed by atoms with Crippen LogP contribution < -0.4 is 0 Å². The first-order valence-electron chi connectivity index (χ1n) is 6.73. The number of ether oxygens (including phenoxy) is 1. The molecule has 104 valence electrons. The maximum absolute atomic E-state index is 12.0. The predicted molar refractivity (Wildman–Crippen MR) is 76.3 cm³/mol. The number of benzene rings is 1. The molecular formula is C16H22O3. The summed E-state index contributed by atoms with van der Waals surface area (Å²) in [6.45, 7) is 7.79. The Morgan fingerprint density at radius 3 is 2.79 bits per heavy atom. The Labute approximate surface area is 114 Å². The fourth-order valence-electron chi connectivity index (χ4n) is 2.06. The van der Waals surface area contributed by atoms with Crippen molar-refractivity contribution in [2.24, 2.45) is 0 Å². The third-order valence-corrected chi connectivity index (χ3v) is 3.09. The smallest absolute Gasteiger partial charge is 0.313 e. The minimum absolute atomic E-state index is 0.227. The highest BCUT2D eigenvalue weighted by molar-refractivity contribution is 5.78.